The van der Waals surface area contributed by atoms with E-state index >= 15 is 0 Å². The Morgan fingerprint density at radius 2 is 1.96 bits per heavy atom. The van der Waals surface area contributed by atoms with Crippen molar-refractivity contribution in [3.05, 3.63) is 59.7 Å². The molecule has 1 unspecified atom stereocenters. The van der Waals surface area contributed by atoms with E-state index in [2.05, 4.69) is 5.32 Å². The van der Waals surface area contributed by atoms with Crippen LogP contribution < -0.4 is 9.62 Å². The van der Waals surface area contributed by atoms with Crippen molar-refractivity contribution in [1.29, 1.82) is 0 Å². The number of phenolic OH excluding ortho intramolecular Hbond substituents is 1. The van der Waals surface area contributed by atoms with Crippen LogP contribution in [0.25, 0.3) is 0 Å². The van der Waals surface area contributed by atoms with E-state index in [0.717, 1.165) is 4.31 Å². The van der Waals surface area contributed by atoms with Crippen molar-refractivity contribution in [2.75, 3.05) is 16.6 Å². The van der Waals surface area contributed by atoms with E-state index in [9.17, 15) is 23.1 Å². The van der Waals surface area contributed by atoms with Crippen LogP contribution in [-0.4, -0.2) is 37.6 Å². The molecule has 1 atom stereocenters. The second-order valence-corrected chi connectivity index (χ2v) is 8.33. The van der Waals surface area contributed by atoms with Crippen LogP contribution in [0.15, 0.2) is 48.5 Å². The number of hydrogen-bond donors (Lipinski definition) is 2. The minimum Gasteiger partial charge on any atom is -0.508 e. The maximum atomic E-state index is 12.4. The number of para-hydroxylation sites is 1. The summed E-state index contributed by atoms with van der Waals surface area (Å²) in [6.07, 6.45) is 0.453. The van der Waals surface area contributed by atoms with Crippen molar-refractivity contribution in [1.82, 2.24) is 5.32 Å². The van der Waals surface area contributed by atoms with Crippen LogP contribution in [-0.2, 0) is 21.2 Å². The van der Waals surface area contributed by atoms with Crippen LogP contribution in [0, 0.1) is 5.92 Å². The first-order valence-electron chi connectivity index (χ1n) is 8.51. The van der Waals surface area contributed by atoms with E-state index in [-0.39, 0.29) is 28.7 Å². The normalized spacial score (nSPS) is 18.5. The van der Waals surface area contributed by atoms with E-state index in [1.807, 2.05) is 0 Å². The number of sulfonamides is 1. The summed E-state index contributed by atoms with van der Waals surface area (Å²) in [6, 6.07) is 12.8. The third-order valence-corrected chi connectivity index (χ3v) is 6.24. The van der Waals surface area contributed by atoms with Gasteiger partial charge in [-0.3, -0.25) is 9.59 Å². The third kappa shape index (κ3) is 3.95. The lowest BCUT2D eigenvalue weighted by molar-refractivity contribution is -0.119. The van der Waals surface area contributed by atoms with Crippen molar-refractivity contribution >= 4 is 27.5 Å². The van der Waals surface area contributed by atoms with Crippen LogP contribution >= 0.6 is 0 Å². The molecule has 1 aliphatic heterocycles. The van der Waals surface area contributed by atoms with Crippen LogP contribution in [0.1, 0.15) is 22.8 Å². The van der Waals surface area contributed by atoms with E-state index in [1.165, 1.54) is 12.1 Å². The molecule has 7 nitrogen and oxygen atoms in total. The number of hydrogen-bond acceptors (Lipinski definition) is 5. The van der Waals surface area contributed by atoms with Gasteiger partial charge in [-0.1, -0.05) is 31.2 Å². The summed E-state index contributed by atoms with van der Waals surface area (Å²) in [5.41, 5.74) is 1.14. The molecule has 0 radical (unpaired) electrons. The summed E-state index contributed by atoms with van der Waals surface area (Å²) >= 11 is 0. The topological polar surface area (TPSA) is 104 Å². The second-order valence-electron chi connectivity index (χ2n) is 6.47. The molecule has 2 N–H and O–H groups in total. The fraction of sp³-hybridized carbons (Fsp3) is 0.263. The van der Waals surface area contributed by atoms with Crippen LogP contribution in [0.2, 0.25) is 0 Å². The lowest BCUT2D eigenvalue weighted by Crippen LogP contribution is -2.31. The molecular formula is C19H20N2O5S. The van der Waals surface area contributed by atoms with Crippen LogP contribution in [0.4, 0.5) is 5.69 Å². The van der Waals surface area contributed by atoms with E-state index in [4.69, 9.17) is 0 Å². The molecule has 0 aliphatic carbocycles. The molecular weight excluding hydrogens is 368 g/mol. The predicted octanol–water partition coefficient (Wildman–Crippen LogP) is 1.68. The molecule has 142 valence electrons. The summed E-state index contributed by atoms with van der Waals surface area (Å²) in [4.78, 5) is 24.6. The lowest BCUT2D eigenvalue weighted by Gasteiger charge is -2.16. The van der Waals surface area contributed by atoms with Crippen molar-refractivity contribution in [2.45, 2.75) is 13.3 Å². The van der Waals surface area contributed by atoms with Gasteiger partial charge < -0.3 is 10.4 Å². The first-order valence-corrected chi connectivity index (χ1v) is 10.1. The SMILES string of the molecule is CC1CS(=O)(=O)N(c2cccc(C(=O)NCCc3ccccc3O)c2)C1=O. The highest BCUT2D eigenvalue weighted by Gasteiger charge is 2.42. The number of benzene rings is 2. The number of amides is 2. The highest BCUT2D eigenvalue weighted by Crippen LogP contribution is 2.28. The number of rotatable bonds is 5. The quantitative estimate of drug-likeness (QED) is 0.811. The molecule has 27 heavy (non-hydrogen) atoms. The van der Waals surface area contributed by atoms with Crippen molar-refractivity contribution < 1.29 is 23.1 Å². The molecule has 3 rings (SSSR count). The number of carbonyl (C=O) groups is 2. The highest BCUT2D eigenvalue weighted by atomic mass is 32.2. The van der Waals surface area contributed by atoms with Gasteiger partial charge in [0, 0.05) is 12.1 Å². The van der Waals surface area contributed by atoms with Gasteiger partial charge >= 0.3 is 0 Å². The molecule has 1 heterocycles. The maximum absolute atomic E-state index is 12.4. The Bertz CT molecular complexity index is 987. The molecule has 0 bridgehead atoms. The number of aromatic hydroxyl groups is 1. The van der Waals surface area contributed by atoms with Gasteiger partial charge in [0.1, 0.15) is 5.75 Å². The van der Waals surface area contributed by atoms with Gasteiger partial charge in [-0.15, -0.1) is 0 Å². The Labute approximate surface area is 157 Å². The average molecular weight is 388 g/mol. The number of anilines is 1. The zero-order chi connectivity index (χ0) is 19.6. The Kier molecular flexibility index (Phi) is 5.18. The van der Waals surface area contributed by atoms with Crippen LogP contribution in [0.5, 0.6) is 5.75 Å². The standard InChI is InChI=1S/C19H20N2O5S/c1-13-12-27(25,26)21(19(13)24)16-7-4-6-15(11-16)18(23)20-10-9-14-5-2-3-8-17(14)22/h2-8,11,13,22H,9-10,12H2,1H3,(H,20,23). The number of carbonyl (C=O) groups excluding carboxylic acids is 2. The fourth-order valence-electron chi connectivity index (χ4n) is 3.00. The summed E-state index contributed by atoms with van der Waals surface area (Å²) in [5.74, 6) is -1.55. The van der Waals surface area contributed by atoms with Gasteiger partial charge in [0.2, 0.25) is 15.9 Å². The van der Waals surface area contributed by atoms with Crippen molar-refractivity contribution in [3.63, 3.8) is 0 Å². The van der Waals surface area contributed by atoms with Crippen molar-refractivity contribution in [3.8, 4) is 5.75 Å². The maximum Gasteiger partial charge on any atom is 0.251 e. The lowest BCUT2D eigenvalue weighted by atomic mass is 10.1. The average Bonchev–Trinajstić information content (AvgIpc) is 2.83. The molecule has 2 aromatic carbocycles. The number of phenols is 1. The molecule has 2 amide bonds. The molecule has 0 spiro atoms. The highest BCUT2D eigenvalue weighted by molar-refractivity contribution is 7.94. The van der Waals surface area contributed by atoms with E-state index in [1.54, 1.807) is 43.3 Å². The second kappa shape index (κ2) is 7.40. The van der Waals surface area contributed by atoms with Gasteiger partial charge in [0.15, 0.2) is 0 Å². The predicted molar refractivity (Wildman–Crippen MR) is 101 cm³/mol. The summed E-state index contributed by atoms with van der Waals surface area (Å²) < 4.78 is 25.2. The van der Waals surface area contributed by atoms with Gasteiger partial charge in [0.25, 0.3) is 5.91 Å². The van der Waals surface area contributed by atoms with Gasteiger partial charge in [-0.25, -0.2) is 12.7 Å². The van der Waals surface area contributed by atoms with Gasteiger partial charge in [-0.05, 0) is 36.2 Å². The Morgan fingerprint density at radius 1 is 1.22 bits per heavy atom. The minimum atomic E-state index is -3.71. The molecule has 1 fully saturated rings. The molecule has 0 aromatic heterocycles. The summed E-state index contributed by atoms with van der Waals surface area (Å²) in [7, 11) is -3.71. The molecule has 0 saturated carbocycles. The zero-order valence-corrected chi connectivity index (χ0v) is 15.6. The zero-order valence-electron chi connectivity index (χ0n) is 14.8. The Morgan fingerprint density at radius 3 is 2.63 bits per heavy atom. The first-order chi connectivity index (χ1) is 12.8. The van der Waals surface area contributed by atoms with E-state index in [0.29, 0.717) is 18.5 Å². The Balaban J connectivity index is 1.71. The minimum absolute atomic E-state index is 0.165. The fourth-order valence-corrected chi connectivity index (χ4v) is 4.81. The Hall–Kier alpha value is -2.87. The first kappa shape index (κ1) is 18.9. The number of nitrogens with one attached hydrogen (secondary N) is 1. The third-order valence-electron chi connectivity index (χ3n) is 4.37. The largest absolute Gasteiger partial charge is 0.508 e. The van der Waals surface area contributed by atoms with Crippen molar-refractivity contribution in [2.24, 2.45) is 5.92 Å². The van der Waals surface area contributed by atoms with Gasteiger partial charge in [0.05, 0.1) is 17.4 Å². The summed E-state index contributed by atoms with van der Waals surface area (Å²) in [5, 5.41) is 12.5. The molecule has 1 aliphatic rings. The van der Waals surface area contributed by atoms with E-state index < -0.39 is 21.8 Å². The molecule has 1 saturated heterocycles. The number of nitrogens with zero attached hydrogens (tertiary/aromatic N) is 1. The summed E-state index contributed by atoms with van der Waals surface area (Å²) in [6.45, 7) is 1.87. The van der Waals surface area contributed by atoms with Crippen LogP contribution in [0.3, 0.4) is 0 Å². The molecule has 8 heteroatoms. The molecule has 2 aromatic rings. The van der Waals surface area contributed by atoms with Gasteiger partial charge in [-0.2, -0.15) is 0 Å². The monoisotopic (exact) mass is 388 g/mol. The smallest absolute Gasteiger partial charge is 0.251 e.